The maximum atomic E-state index is 9.44. The minimum absolute atomic E-state index is 0.167. The van der Waals surface area contributed by atoms with Crippen LogP contribution in [0, 0.1) is 6.92 Å². The van der Waals surface area contributed by atoms with Gasteiger partial charge >= 0.3 is 0 Å². The molecule has 7 aliphatic rings. The molecule has 0 bridgehead atoms. The molecule has 3 aromatic heterocycles. The number of hydroxylamine groups is 1. The van der Waals surface area contributed by atoms with Gasteiger partial charge in [-0.3, -0.25) is 20.3 Å². The van der Waals surface area contributed by atoms with Gasteiger partial charge in [-0.15, -0.1) is 10.2 Å². The summed E-state index contributed by atoms with van der Waals surface area (Å²) in [7, 11) is 3.25. The van der Waals surface area contributed by atoms with Crippen molar-refractivity contribution in [3.63, 3.8) is 0 Å². The maximum absolute atomic E-state index is 9.44. The van der Waals surface area contributed by atoms with Gasteiger partial charge in [-0.05, 0) is 142 Å². The monoisotopic (exact) mass is 1050 g/mol. The fourth-order valence-electron chi connectivity index (χ4n) is 4.65. The number of methoxy groups -OCH3 is 1. The Morgan fingerprint density at radius 1 is 0.541 bits per heavy atom. The van der Waals surface area contributed by atoms with Gasteiger partial charge in [-0.2, -0.15) is 5.21 Å². The second-order valence-corrected chi connectivity index (χ2v) is 13.5. The lowest BCUT2D eigenvalue weighted by Crippen LogP contribution is -2.03. The Balaban J connectivity index is -0.0000000873. The molecule has 0 unspecified atom stereocenters. The maximum Gasteiger partial charge on any atom is 0.171 e. The number of hydrogen-bond donors (Lipinski definition) is 4. The van der Waals surface area contributed by atoms with Gasteiger partial charge in [0.25, 0.3) is 0 Å². The number of hydrogen-bond acceptors (Lipinski definition) is 15. The van der Waals surface area contributed by atoms with E-state index in [1.165, 1.54) is 155 Å². The summed E-state index contributed by atoms with van der Waals surface area (Å²) >= 11 is 0. The van der Waals surface area contributed by atoms with E-state index in [1.54, 1.807) is 52.0 Å². The summed E-state index contributed by atoms with van der Waals surface area (Å²) in [6.45, 7) is 41.4. The zero-order valence-corrected chi connectivity index (χ0v) is 51.7. The fourth-order valence-corrected chi connectivity index (χ4v) is 4.65. The molecule has 10 rings (SSSR count). The average Bonchev–Trinajstić information content (AvgIpc) is 4.34. The molecular weight excluding hydrogens is 929 g/mol. The third-order valence-corrected chi connectivity index (χ3v) is 7.51. The number of ketones is 1. The first-order chi connectivity index (χ1) is 36.5. The van der Waals surface area contributed by atoms with Crippen LogP contribution in [0.3, 0.4) is 0 Å². The normalized spacial score (nSPS) is 13.8. The van der Waals surface area contributed by atoms with Crippen LogP contribution in [0.1, 0.15) is 219 Å². The van der Waals surface area contributed by atoms with E-state index in [1.807, 2.05) is 121 Å². The number of H-pyrrole nitrogens is 1. The Kier molecular flexibility index (Phi) is 132. The molecule has 1 saturated carbocycles. The number of aliphatic imine (C=N–C) groups is 2. The molecule has 0 atom stereocenters. The van der Waals surface area contributed by atoms with Crippen molar-refractivity contribution in [3.05, 3.63) is 73.4 Å². The number of aromatic nitrogens is 7. The van der Waals surface area contributed by atoms with Crippen molar-refractivity contribution in [1.82, 2.24) is 51.7 Å². The van der Waals surface area contributed by atoms with Crippen molar-refractivity contribution in [3.8, 4) is 0 Å². The summed E-state index contributed by atoms with van der Waals surface area (Å²) in [6, 6.07) is 7.49. The summed E-state index contributed by atoms with van der Waals surface area (Å²) in [5.41, 5.74) is 2.43. The number of nitrogens with one attached hydrogen (secondary N) is 4. The molecule has 4 N–H and O–H groups in total. The van der Waals surface area contributed by atoms with Gasteiger partial charge in [0.1, 0.15) is 18.4 Å². The van der Waals surface area contributed by atoms with Crippen LogP contribution in [0.4, 0.5) is 0 Å². The van der Waals surface area contributed by atoms with Gasteiger partial charge in [0.2, 0.25) is 0 Å². The Morgan fingerprint density at radius 2 is 0.973 bits per heavy atom. The first kappa shape index (κ1) is 89.2. The van der Waals surface area contributed by atoms with Crippen molar-refractivity contribution in [2.24, 2.45) is 9.98 Å². The first-order valence-electron chi connectivity index (χ1n) is 28.6. The molecule has 8 heterocycles. The van der Waals surface area contributed by atoms with Crippen molar-refractivity contribution < 1.29 is 19.1 Å². The SMILES string of the molecule is C1=CCCC1.C1=NCCC1.C1=NCON1.C1CCCC1.C1CCNC1.C1CCNC1.C1CCOC1.CC.CC.CC.CC.CC.CC.CC.CC(C)=O.COC.Cc1nn[nH]n1.c1ccncc1.c1cncnc1. The van der Waals surface area contributed by atoms with Crippen molar-refractivity contribution >= 4 is 18.3 Å². The molecular formula is C58H122N12O4. The lowest BCUT2D eigenvalue weighted by atomic mass is 10.4. The molecule has 5 aliphatic heterocycles. The van der Waals surface area contributed by atoms with E-state index in [0.717, 1.165) is 19.8 Å². The molecule has 16 heteroatoms. The van der Waals surface area contributed by atoms with E-state index < -0.39 is 0 Å². The van der Waals surface area contributed by atoms with E-state index in [-0.39, 0.29) is 5.78 Å². The largest absolute Gasteiger partial charge is 0.388 e. The van der Waals surface area contributed by atoms with Crippen LogP contribution in [-0.4, -0.2) is 121 Å². The highest BCUT2D eigenvalue weighted by atomic mass is 16.7. The third kappa shape index (κ3) is 122. The Bertz CT molecular complexity index is 1050. The number of rotatable bonds is 0. The van der Waals surface area contributed by atoms with Crippen LogP contribution < -0.4 is 16.1 Å². The van der Waals surface area contributed by atoms with Gasteiger partial charge in [0.05, 0.1) is 0 Å². The lowest BCUT2D eigenvalue weighted by molar-refractivity contribution is -0.115. The van der Waals surface area contributed by atoms with Crippen LogP contribution in [0.25, 0.3) is 0 Å². The second kappa shape index (κ2) is 109. The lowest BCUT2D eigenvalue weighted by Gasteiger charge is -1.79. The van der Waals surface area contributed by atoms with Crippen molar-refractivity contribution in [1.29, 1.82) is 0 Å². The number of carbonyl (C=O) groups excluding carboxylic acids is 1. The molecule has 0 aromatic carbocycles. The van der Waals surface area contributed by atoms with E-state index >= 15 is 0 Å². The van der Waals surface area contributed by atoms with E-state index in [2.05, 4.69) is 83.4 Å². The highest BCUT2D eigenvalue weighted by Gasteiger charge is 1.96. The van der Waals surface area contributed by atoms with Gasteiger partial charge in [0, 0.05) is 58.8 Å². The zero-order valence-electron chi connectivity index (χ0n) is 51.7. The Morgan fingerprint density at radius 3 is 1.09 bits per heavy atom. The predicted molar refractivity (Wildman–Crippen MR) is 324 cm³/mol. The minimum Gasteiger partial charge on any atom is -0.388 e. The first-order valence-corrected chi connectivity index (χ1v) is 28.6. The zero-order chi connectivity index (χ0) is 57.9. The molecule has 74 heavy (non-hydrogen) atoms. The van der Waals surface area contributed by atoms with Crippen LogP contribution in [-0.2, 0) is 19.1 Å². The summed E-state index contributed by atoms with van der Waals surface area (Å²) in [4.78, 5) is 32.6. The second-order valence-electron chi connectivity index (χ2n) is 13.5. The van der Waals surface area contributed by atoms with Gasteiger partial charge in [0.15, 0.2) is 12.6 Å². The fraction of sp³-hybridized carbons (Fsp3) is 0.741. The van der Waals surface area contributed by atoms with Crippen LogP contribution >= 0.6 is 0 Å². The molecule has 16 nitrogen and oxygen atoms in total. The van der Waals surface area contributed by atoms with Crippen LogP contribution in [0.15, 0.2) is 77.5 Å². The molecule has 3 aromatic rings. The third-order valence-electron chi connectivity index (χ3n) is 7.51. The molecule has 0 spiro atoms. The molecule has 4 fully saturated rings. The molecule has 438 valence electrons. The smallest absolute Gasteiger partial charge is 0.171 e. The molecule has 0 radical (unpaired) electrons. The van der Waals surface area contributed by atoms with Crippen LogP contribution in [0.2, 0.25) is 0 Å². The number of pyridine rings is 1. The van der Waals surface area contributed by atoms with Gasteiger partial charge in [-0.1, -0.05) is 152 Å². The summed E-state index contributed by atoms with van der Waals surface area (Å²) in [5.74, 6) is 0.843. The number of Topliss-reactive ketones (excluding diaryl/α,β-unsaturated/α-hetero) is 1. The average molecular weight is 1050 g/mol. The molecule has 3 saturated heterocycles. The van der Waals surface area contributed by atoms with Crippen molar-refractivity contribution in [2.45, 2.75) is 220 Å². The number of aromatic amines is 1. The van der Waals surface area contributed by atoms with E-state index in [0.29, 0.717) is 12.6 Å². The number of carbonyl (C=O) groups is 1. The number of allylic oxidation sites excluding steroid dienone is 2. The van der Waals surface area contributed by atoms with Gasteiger partial charge in [-0.25, -0.2) is 15.0 Å². The summed E-state index contributed by atoms with van der Waals surface area (Å²) in [6.07, 6.45) is 38.5. The Hall–Kier alpha value is -4.35. The van der Waals surface area contributed by atoms with E-state index in [9.17, 15) is 4.79 Å². The summed E-state index contributed by atoms with van der Waals surface area (Å²) in [5, 5.41) is 19.2. The van der Waals surface area contributed by atoms with Crippen LogP contribution in [0.5, 0.6) is 0 Å². The quantitative estimate of drug-likeness (QED) is 0.155. The van der Waals surface area contributed by atoms with E-state index in [4.69, 9.17) is 4.74 Å². The number of nitrogens with zero attached hydrogens (tertiary/aromatic N) is 8. The number of ether oxygens (including phenoxy) is 2. The molecule has 0 amide bonds. The van der Waals surface area contributed by atoms with Crippen molar-refractivity contribution in [2.75, 3.05) is 66.9 Å². The summed E-state index contributed by atoms with van der Waals surface area (Å²) < 4.78 is 9.19. The minimum atomic E-state index is 0.167. The predicted octanol–water partition coefficient (Wildman–Crippen LogP) is 14.7. The highest BCUT2D eigenvalue weighted by Crippen LogP contribution is 2.15. The highest BCUT2D eigenvalue weighted by molar-refractivity contribution is 5.72. The van der Waals surface area contributed by atoms with Gasteiger partial charge < -0.3 is 24.9 Å². The number of tetrazole rings is 1. The standard InChI is InChI=1S/C5H5N.C5H10.C5H8.C4H4N2.2C4H9N.C4H7N.C4H8O.C3H6O.C2H4N4.C2H4N2O.C2H6O.7C2H6/c1-2-4-6-5-3-1;2*1-2-4-5-3-1;1-2-5-4-6-3-1;4*1-2-4-5-3-1;1-3(2)4;1-2-3-5-6-4-2;1-3-2-5-4-1;1-3-2;7*1-2/h1-5H;1-5H2;1-2H,3-5H2;1-4H;2*5H,1-4H2;3H,1-2,4H2;1-4H2;1-2H3;1H3,(H,3,4,5,6);1H,2H2,(H,3,4);1-2H3;7*1-2H3. The molecule has 2 aliphatic carbocycles. The topological polar surface area (TPSA) is 199 Å². The number of aryl methyl sites for hydroxylation is 1. The Labute approximate surface area is 458 Å².